The zero-order valence-corrected chi connectivity index (χ0v) is 10.9. The third-order valence-electron chi connectivity index (χ3n) is 2.97. The Morgan fingerprint density at radius 3 is 2.94 bits per heavy atom. The maximum Gasteiger partial charge on any atom is 0.0877 e. The standard InChI is InChI=1S/C13H21N3O/c1-11-4-5-12(8-14-11)16-6-7-17-13(10-16)9-15(2)3/h4-5,8,13H,6-7,9-10H2,1-3H3/t13-/m1/s1. The van der Waals surface area contributed by atoms with Crippen molar-refractivity contribution in [1.82, 2.24) is 9.88 Å². The molecule has 1 fully saturated rings. The Morgan fingerprint density at radius 2 is 2.29 bits per heavy atom. The molecular formula is C13H21N3O. The normalized spacial score (nSPS) is 20.9. The second-order valence-corrected chi connectivity index (χ2v) is 4.86. The van der Waals surface area contributed by atoms with E-state index in [0.29, 0.717) is 6.10 Å². The van der Waals surface area contributed by atoms with E-state index in [4.69, 9.17) is 4.74 Å². The molecule has 0 aromatic carbocycles. The summed E-state index contributed by atoms with van der Waals surface area (Å²) in [6.45, 7) is 5.68. The van der Waals surface area contributed by atoms with Gasteiger partial charge >= 0.3 is 0 Å². The molecule has 4 nitrogen and oxygen atoms in total. The number of anilines is 1. The van der Waals surface area contributed by atoms with Gasteiger partial charge in [0, 0.05) is 25.3 Å². The van der Waals surface area contributed by atoms with Crippen molar-refractivity contribution >= 4 is 5.69 Å². The van der Waals surface area contributed by atoms with Crippen LogP contribution in [0.25, 0.3) is 0 Å². The average molecular weight is 235 g/mol. The monoisotopic (exact) mass is 235 g/mol. The number of aromatic nitrogens is 1. The van der Waals surface area contributed by atoms with Crippen LogP contribution in [0.1, 0.15) is 5.69 Å². The molecule has 0 N–H and O–H groups in total. The predicted molar refractivity (Wildman–Crippen MR) is 69.5 cm³/mol. The Bertz CT molecular complexity index is 350. The van der Waals surface area contributed by atoms with Crippen LogP contribution in [-0.2, 0) is 4.74 Å². The summed E-state index contributed by atoms with van der Waals surface area (Å²) in [4.78, 5) is 8.87. The minimum atomic E-state index is 0.292. The van der Waals surface area contributed by atoms with E-state index in [-0.39, 0.29) is 0 Å². The number of nitrogens with zero attached hydrogens (tertiary/aromatic N) is 3. The predicted octanol–water partition coefficient (Wildman–Crippen LogP) is 1.16. The fourth-order valence-electron chi connectivity index (χ4n) is 2.12. The lowest BCUT2D eigenvalue weighted by atomic mass is 10.2. The summed E-state index contributed by atoms with van der Waals surface area (Å²) in [6, 6.07) is 4.20. The van der Waals surface area contributed by atoms with E-state index in [1.165, 1.54) is 5.69 Å². The summed E-state index contributed by atoms with van der Waals surface area (Å²) in [5.74, 6) is 0. The van der Waals surface area contributed by atoms with E-state index < -0.39 is 0 Å². The van der Waals surface area contributed by atoms with E-state index in [9.17, 15) is 0 Å². The number of pyridine rings is 1. The van der Waals surface area contributed by atoms with Crippen LogP contribution >= 0.6 is 0 Å². The molecule has 4 heteroatoms. The van der Waals surface area contributed by atoms with Gasteiger partial charge in [-0.05, 0) is 33.2 Å². The molecule has 0 saturated carbocycles. The van der Waals surface area contributed by atoms with Crippen LogP contribution < -0.4 is 4.90 Å². The van der Waals surface area contributed by atoms with E-state index in [1.807, 2.05) is 13.1 Å². The first-order chi connectivity index (χ1) is 8.15. The van der Waals surface area contributed by atoms with E-state index in [1.54, 1.807) is 0 Å². The van der Waals surface area contributed by atoms with Gasteiger partial charge < -0.3 is 14.5 Å². The fraction of sp³-hybridized carbons (Fsp3) is 0.615. The summed E-state index contributed by atoms with van der Waals surface area (Å²) < 4.78 is 5.76. The molecule has 1 aliphatic rings. The molecule has 1 aliphatic heterocycles. The van der Waals surface area contributed by atoms with Gasteiger partial charge in [-0.2, -0.15) is 0 Å². The molecule has 1 atom stereocenters. The number of rotatable bonds is 3. The molecule has 94 valence electrons. The molecule has 0 bridgehead atoms. The van der Waals surface area contributed by atoms with Crippen LogP contribution in [-0.4, -0.2) is 56.3 Å². The van der Waals surface area contributed by atoms with Gasteiger partial charge in [0.25, 0.3) is 0 Å². The van der Waals surface area contributed by atoms with Crippen molar-refractivity contribution in [2.75, 3.05) is 45.2 Å². The van der Waals surface area contributed by atoms with Gasteiger partial charge in [0.1, 0.15) is 0 Å². The Kier molecular flexibility index (Phi) is 3.97. The summed E-state index contributed by atoms with van der Waals surface area (Å²) >= 11 is 0. The SMILES string of the molecule is Cc1ccc(N2CCO[C@H](CN(C)C)C2)cn1. The second kappa shape index (κ2) is 5.47. The maximum absolute atomic E-state index is 5.76. The molecule has 0 radical (unpaired) electrons. The molecule has 0 aliphatic carbocycles. The molecule has 17 heavy (non-hydrogen) atoms. The summed E-state index contributed by atoms with van der Waals surface area (Å²) in [5.41, 5.74) is 2.26. The van der Waals surface area contributed by atoms with Crippen molar-refractivity contribution in [2.24, 2.45) is 0 Å². The van der Waals surface area contributed by atoms with Gasteiger partial charge in [-0.1, -0.05) is 0 Å². The van der Waals surface area contributed by atoms with Crippen molar-refractivity contribution in [2.45, 2.75) is 13.0 Å². The lowest BCUT2D eigenvalue weighted by Crippen LogP contribution is -2.46. The van der Waals surface area contributed by atoms with E-state index >= 15 is 0 Å². The molecule has 2 rings (SSSR count). The quantitative estimate of drug-likeness (QED) is 0.786. The van der Waals surface area contributed by atoms with Crippen molar-refractivity contribution in [3.8, 4) is 0 Å². The van der Waals surface area contributed by atoms with Gasteiger partial charge in [0.05, 0.1) is 24.6 Å². The number of hydrogen-bond acceptors (Lipinski definition) is 4. The number of aryl methyl sites for hydroxylation is 1. The van der Waals surface area contributed by atoms with Crippen molar-refractivity contribution in [3.05, 3.63) is 24.0 Å². The summed E-state index contributed by atoms with van der Waals surface area (Å²) in [5, 5.41) is 0. The highest BCUT2D eigenvalue weighted by molar-refractivity contribution is 5.45. The average Bonchev–Trinajstić information content (AvgIpc) is 2.29. The highest BCUT2D eigenvalue weighted by atomic mass is 16.5. The minimum Gasteiger partial charge on any atom is -0.373 e. The lowest BCUT2D eigenvalue weighted by Gasteiger charge is -2.35. The number of morpholine rings is 1. The zero-order chi connectivity index (χ0) is 12.3. The Hall–Kier alpha value is -1.13. The number of ether oxygens (including phenoxy) is 1. The van der Waals surface area contributed by atoms with Gasteiger partial charge in [0.2, 0.25) is 0 Å². The van der Waals surface area contributed by atoms with Crippen molar-refractivity contribution in [3.63, 3.8) is 0 Å². The maximum atomic E-state index is 5.76. The second-order valence-electron chi connectivity index (χ2n) is 4.86. The number of hydrogen-bond donors (Lipinski definition) is 0. The van der Waals surface area contributed by atoms with Crippen molar-refractivity contribution < 1.29 is 4.74 Å². The molecule has 0 unspecified atom stereocenters. The molecule has 2 heterocycles. The van der Waals surface area contributed by atoms with Crippen LogP contribution in [0.4, 0.5) is 5.69 Å². The first-order valence-electron chi connectivity index (χ1n) is 6.09. The largest absolute Gasteiger partial charge is 0.373 e. The van der Waals surface area contributed by atoms with Crippen LogP contribution in [0, 0.1) is 6.92 Å². The molecule has 1 aromatic heterocycles. The Balaban J connectivity index is 1.99. The molecule has 0 amide bonds. The smallest absolute Gasteiger partial charge is 0.0877 e. The van der Waals surface area contributed by atoms with Crippen LogP contribution in [0.3, 0.4) is 0 Å². The summed E-state index contributed by atoms with van der Waals surface area (Å²) in [6.07, 6.45) is 2.24. The third-order valence-corrected chi connectivity index (χ3v) is 2.97. The van der Waals surface area contributed by atoms with Crippen LogP contribution in [0.5, 0.6) is 0 Å². The third kappa shape index (κ3) is 3.41. The Labute approximate surface area is 103 Å². The fourth-order valence-corrected chi connectivity index (χ4v) is 2.12. The van der Waals surface area contributed by atoms with E-state index in [0.717, 1.165) is 31.9 Å². The van der Waals surface area contributed by atoms with Gasteiger partial charge in [-0.25, -0.2) is 0 Å². The minimum absolute atomic E-state index is 0.292. The topological polar surface area (TPSA) is 28.6 Å². The van der Waals surface area contributed by atoms with Gasteiger partial charge in [-0.3, -0.25) is 4.98 Å². The molecule has 1 aromatic rings. The van der Waals surface area contributed by atoms with Gasteiger partial charge in [-0.15, -0.1) is 0 Å². The van der Waals surface area contributed by atoms with E-state index in [2.05, 4.69) is 41.0 Å². The van der Waals surface area contributed by atoms with Gasteiger partial charge in [0.15, 0.2) is 0 Å². The van der Waals surface area contributed by atoms with Crippen LogP contribution in [0.2, 0.25) is 0 Å². The van der Waals surface area contributed by atoms with Crippen molar-refractivity contribution in [1.29, 1.82) is 0 Å². The number of likely N-dealkylation sites (N-methyl/N-ethyl adjacent to an activating group) is 1. The molecular weight excluding hydrogens is 214 g/mol. The highest BCUT2D eigenvalue weighted by Gasteiger charge is 2.21. The highest BCUT2D eigenvalue weighted by Crippen LogP contribution is 2.17. The molecule has 0 spiro atoms. The zero-order valence-electron chi connectivity index (χ0n) is 10.9. The molecule has 1 saturated heterocycles. The first-order valence-corrected chi connectivity index (χ1v) is 6.09. The lowest BCUT2D eigenvalue weighted by molar-refractivity contribution is 0.0247. The summed E-state index contributed by atoms with van der Waals surface area (Å²) in [7, 11) is 4.16. The first kappa shape index (κ1) is 12.3. The Morgan fingerprint density at radius 1 is 1.47 bits per heavy atom. The van der Waals surface area contributed by atoms with Crippen LogP contribution in [0.15, 0.2) is 18.3 Å².